The van der Waals surface area contributed by atoms with E-state index in [-0.39, 0.29) is 5.35 Å². The molecule has 0 aromatic heterocycles. The monoisotopic (exact) mass is 190 g/mol. The van der Waals surface area contributed by atoms with E-state index < -0.39 is 0 Å². The highest BCUT2D eigenvalue weighted by Gasteiger charge is 2.26. The second-order valence-corrected chi connectivity index (χ2v) is 5.08. The Labute approximate surface area is 75.1 Å². The van der Waals surface area contributed by atoms with Crippen LogP contribution in [0, 0.1) is 0 Å². The second kappa shape index (κ2) is 3.51. The molecule has 5 heteroatoms. The molecule has 1 saturated heterocycles. The molecular formula is C6H14N2OSSi. The number of nitrogens with one attached hydrogen (secondary N) is 1. The first-order valence-electron chi connectivity index (χ1n) is 3.84. The molecule has 1 heterocycles. The van der Waals surface area contributed by atoms with Gasteiger partial charge in [-0.15, -0.1) is 0 Å². The number of hydrogen-bond donors (Lipinski definition) is 2. The number of rotatable bonds is 1. The largest absolute Gasteiger partial charge is 0.376 e. The SMILES string of the molecule is NC(=S)NC1([SiH3])CCCCO1. The first-order valence-corrected chi connectivity index (χ1v) is 5.25. The zero-order chi connectivity index (χ0) is 8.32. The molecule has 3 N–H and O–H groups in total. The van der Waals surface area contributed by atoms with Crippen molar-refractivity contribution in [1.29, 1.82) is 0 Å². The summed E-state index contributed by atoms with van der Waals surface area (Å²) in [7, 11) is 0.927. The predicted molar refractivity (Wildman–Crippen MR) is 52.4 cm³/mol. The number of nitrogens with two attached hydrogens (primary N) is 1. The Morgan fingerprint density at radius 1 is 1.64 bits per heavy atom. The summed E-state index contributed by atoms with van der Waals surface area (Å²) in [5.74, 6) is 0. The molecule has 1 unspecified atom stereocenters. The lowest BCUT2D eigenvalue weighted by molar-refractivity contribution is -0.0270. The summed E-state index contributed by atoms with van der Waals surface area (Å²) in [4.78, 5) is 0. The average molecular weight is 190 g/mol. The van der Waals surface area contributed by atoms with Gasteiger partial charge in [0.05, 0.1) is 10.2 Å². The van der Waals surface area contributed by atoms with Crippen molar-refractivity contribution < 1.29 is 4.74 Å². The van der Waals surface area contributed by atoms with Gasteiger partial charge in [0.1, 0.15) is 5.35 Å². The van der Waals surface area contributed by atoms with Gasteiger partial charge in [-0.25, -0.2) is 0 Å². The van der Waals surface area contributed by atoms with Crippen molar-refractivity contribution in [3.63, 3.8) is 0 Å². The number of hydrogen-bond acceptors (Lipinski definition) is 2. The highest BCUT2D eigenvalue weighted by molar-refractivity contribution is 7.80. The van der Waals surface area contributed by atoms with Crippen LogP contribution in [0.15, 0.2) is 0 Å². The maximum Gasteiger partial charge on any atom is 0.165 e. The Morgan fingerprint density at radius 2 is 2.36 bits per heavy atom. The van der Waals surface area contributed by atoms with Crippen LogP contribution in [-0.2, 0) is 4.74 Å². The molecule has 0 aromatic carbocycles. The van der Waals surface area contributed by atoms with Crippen LogP contribution in [0.1, 0.15) is 19.3 Å². The smallest absolute Gasteiger partial charge is 0.165 e. The molecule has 0 saturated carbocycles. The molecule has 1 aliphatic heterocycles. The standard InChI is InChI=1S/C6H14N2OSSi/c7-5(10)8-6(11)3-1-2-4-9-6/h1-4H2,11H3,(H3,7,8,10). The normalized spacial score (nSPS) is 31.6. The summed E-state index contributed by atoms with van der Waals surface area (Å²) < 4.78 is 5.56. The van der Waals surface area contributed by atoms with Gasteiger partial charge in [-0.05, 0) is 31.5 Å². The van der Waals surface area contributed by atoms with Crippen LogP contribution >= 0.6 is 12.2 Å². The third kappa shape index (κ3) is 2.76. The maximum absolute atomic E-state index is 5.56. The molecule has 1 fully saturated rings. The molecule has 3 nitrogen and oxygen atoms in total. The van der Waals surface area contributed by atoms with Crippen molar-refractivity contribution in [3.8, 4) is 0 Å². The van der Waals surface area contributed by atoms with E-state index in [9.17, 15) is 0 Å². The van der Waals surface area contributed by atoms with Gasteiger partial charge in [-0.1, -0.05) is 0 Å². The second-order valence-electron chi connectivity index (χ2n) is 3.03. The molecule has 0 bridgehead atoms. The van der Waals surface area contributed by atoms with Gasteiger partial charge >= 0.3 is 0 Å². The lowest BCUT2D eigenvalue weighted by Gasteiger charge is -2.35. The molecule has 11 heavy (non-hydrogen) atoms. The minimum absolute atomic E-state index is 0.177. The Morgan fingerprint density at radius 3 is 2.82 bits per heavy atom. The third-order valence-corrected chi connectivity index (χ3v) is 3.00. The Hall–Kier alpha value is -0.133. The van der Waals surface area contributed by atoms with Gasteiger partial charge < -0.3 is 15.8 Å². The van der Waals surface area contributed by atoms with E-state index in [4.69, 9.17) is 22.7 Å². The van der Waals surface area contributed by atoms with E-state index in [0.717, 1.165) is 29.7 Å². The van der Waals surface area contributed by atoms with Crippen LogP contribution in [0.5, 0.6) is 0 Å². The fourth-order valence-corrected chi connectivity index (χ4v) is 2.52. The summed E-state index contributed by atoms with van der Waals surface area (Å²) in [6.45, 7) is 0.832. The maximum atomic E-state index is 5.56. The first-order chi connectivity index (χ1) is 5.12. The molecular weight excluding hydrogens is 176 g/mol. The fraction of sp³-hybridized carbons (Fsp3) is 0.833. The van der Waals surface area contributed by atoms with Gasteiger partial charge in [-0.2, -0.15) is 0 Å². The van der Waals surface area contributed by atoms with E-state index in [0.29, 0.717) is 5.11 Å². The predicted octanol–water partition coefficient (Wildman–Crippen LogP) is -0.961. The Bertz CT molecular complexity index is 159. The van der Waals surface area contributed by atoms with Gasteiger partial charge in [0, 0.05) is 6.61 Å². The van der Waals surface area contributed by atoms with Gasteiger partial charge in [-0.3, -0.25) is 0 Å². The summed E-state index contributed by atoms with van der Waals surface area (Å²) in [6.07, 6.45) is 3.40. The first kappa shape index (κ1) is 8.96. The van der Waals surface area contributed by atoms with E-state index in [1.54, 1.807) is 0 Å². The fourth-order valence-electron chi connectivity index (χ4n) is 1.29. The van der Waals surface area contributed by atoms with Crippen molar-refractivity contribution in [2.75, 3.05) is 6.61 Å². The molecule has 0 spiro atoms. The number of ether oxygens (including phenoxy) is 1. The summed E-state index contributed by atoms with van der Waals surface area (Å²) >= 11 is 4.76. The van der Waals surface area contributed by atoms with Crippen LogP contribution in [0.25, 0.3) is 0 Å². The highest BCUT2D eigenvalue weighted by Crippen LogP contribution is 2.18. The average Bonchev–Trinajstić information content (AvgIpc) is 1.85. The Kier molecular flexibility index (Phi) is 2.86. The van der Waals surface area contributed by atoms with Crippen LogP contribution in [-0.4, -0.2) is 27.3 Å². The highest BCUT2D eigenvalue weighted by atomic mass is 32.1. The van der Waals surface area contributed by atoms with Crippen molar-refractivity contribution in [3.05, 3.63) is 0 Å². The van der Waals surface area contributed by atoms with Crippen LogP contribution < -0.4 is 11.1 Å². The Balaban J connectivity index is 2.43. The van der Waals surface area contributed by atoms with Crippen molar-refractivity contribution in [1.82, 2.24) is 5.32 Å². The molecule has 1 rings (SSSR count). The van der Waals surface area contributed by atoms with Crippen LogP contribution in [0.3, 0.4) is 0 Å². The van der Waals surface area contributed by atoms with E-state index in [2.05, 4.69) is 5.32 Å². The van der Waals surface area contributed by atoms with E-state index in [1.165, 1.54) is 6.42 Å². The summed E-state index contributed by atoms with van der Waals surface area (Å²) in [5.41, 5.74) is 5.37. The molecule has 64 valence electrons. The van der Waals surface area contributed by atoms with Crippen LogP contribution in [0.2, 0.25) is 0 Å². The molecule has 0 aromatic rings. The van der Waals surface area contributed by atoms with Gasteiger partial charge in [0.25, 0.3) is 0 Å². The van der Waals surface area contributed by atoms with Crippen molar-refractivity contribution in [2.24, 2.45) is 5.73 Å². The van der Waals surface area contributed by atoms with Crippen molar-refractivity contribution in [2.45, 2.75) is 24.6 Å². The van der Waals surface area contributed by atoms with Gasteiger partial charge in [0.2, 0.25) is 0 Å². The zero-order valence-corrected chi connectivity index (χ0v) is 9.54. The quantitative estimate of drug-likeness (QED) is 0.413. The van der Waals surface area contributed by atoms with E-state index >= 15 is 0 Å². The zero-order valence-electron chi connectivity index (χ0n) is 6.72. The molecule has 1 atom stereocenters. The van der Waals surface area contributed by atoms with Crippen LogP contribution in [0.4, 0.5) is 0 Å². The molecule has 0 radical (unpaired) electrons. The minimum Gasteiger partial charge on any atom is -0.376 e. The topological polar surface area (TPSA) is 47.3 Å². The van der Waals surface area contributed by atoms with Gasteiger partial charge in [0.15, 0.2) is 5.11 Å². The number of thiocarbonyl (C=S) groups is 1. The lowest BCUT2D eigenvalue weighted by atomic mass is 10.2. The molecule has 0 aliphatic carbocycles. The summed E-state index contributed by atoms with van der Waals surface area (Å²) in [5, 5.41) is 3.18. The van der Waals surface area contributed by atoms with E-state index in [1.807, 2.05) is 0 Å². The van der Waals surface area contributed by atoms with Crippen molar-refractivity contribution >= 4 is 27.6 Å². The lowest BCUT2D eigenvalue weighted by Crippen LogP contribution is -2.54. The third-order valence-electron chi connectivity index (χ3n) is 1.86. The molecule has 0 amide bonds. The summed E-state index contributed by atoms with van der Waals surface area (Å²) in [6, 6.07) is 0. The minimum atomic E-state index is -0.177. The molecule has 1 aliphatic rings.